The third kappa shape index (κ3) is 2.90. The molecule has 0 aliphatic heterocycles. The molecule has 4 rings (SSSR count). The zero-order valence-corrected chi connectivity index (χ0v) is 14.5. The highest BCUT2D eigenvalue weighted by Crippen LogP contribution is 2.40. The smallest absolute Gasteiger partial charge is 0.0394 e. The molecule has 118 valence electrons. The summed E-state index contributed by atoms with van der Waals surface area (Å²) in [4.78, 5) is 2.37. The van der Waals surface area contributed by atoms with Crippen molar-refractivity contribution in [1.82, 2.24) is 0 Å². The van der Waals surface area contributed by atoms with Gasteiger partial charge in [0.2, 0.25) is 0 Å². The second-order valence-electron chi connectivity index (χ2n) is 5.63. The fourth-order valence-electron chi connectivity index (χ4n) is 2.75. The summed E-state index contributed by atoms with van der Waals surface area (Å²) in [6.07, 6.45) is 0. The van der Waals surface area contributed by atoms with E-state index in [0.717, 1.165) is 22.1 Å². The highest BCUT2D eigenvalue weighted by Gasteiger charge is 2.04. The van der Waals surface area contributed by atoms with E-state index < -0.39 is 0 Å². The summed E-state index contributed by atoms with van der Waals surface area (Å²) in [5, 5.41) is 4.54. The van der Waals surface area contributed by atoms with Crippen LogP contribution in [0.2, 0.25) is 0 Å². The number of benzene rings is 4. The number of nitrogen functional groups attached to an aromatic ring is 2. The molecule has 0 aliphatic carbocycles. The molecule has 4 aromatic rings. The van der Waals surface area contributed by atoms with Gasteiger partial charge in [-0.25, -0.2) is 0 Å². The molecule has 0 atom stereocenters. The maximum atomic E-state index is 6.08. The van der Waals surface area contributed by atoms with Crippen LogP contribution in [0.15, 0.2) is 82.6 Å². The first kappa shape index (κ1) is 15.2. The number of rotatable bonds is 3. The Labute approximate surface area is 148 Å². The van der Waals surface area contributed by atoms with Crippen LogP contribution >= 0.6 is 21.6 Å². The Morgan fingerprint density at radius 1 is 0.542 bits per heavy atom. The van der Waals surface area contributed by atoms with Gasteiger partial charge in [0, 0.05) is 31.9 Å². The lowest BCUT2D eigenvalue weighted by Gasteiger charge is -2.07. The molecule has 4 N–H and O–H groups in total. The molecule has 0 saturated heterocycles. The monoisotopic (exact) mass is 348 g/mol. The maximum absolute atomic E-state index is 6.08. The SMILES string of the molecule is Nc1cccc2ccc(SSc3ccc4cccc(N)c4c3)cc12. The van der Waals surface area contributed by atoms with Crippen LogP contribution in [0.1, 0.15) is 0 Å². The fraction of sp³-hybridized carbons (Fsp3) is 0. The van der Waals surface area contributed by atoms with Crippen molar-refractivity contribution < 1.29 is 0 Å². The van der Waals surface area contributed by atoms with Crippen molar-refractivity contribution in [3.63, 3.8) is 0 Å². The van der Waals surface area contributed by atoms with E-state index >= 15 is 0 Å². The van der Waals surface area contributed by atoms with Gasteiger partial charge < -0.3 is 11.5 Å². The number of fused-ring (bicyclic) bond motifs is 2. The van der Waals surface area contributed by atoms with Crippen molar-refractivity contribution in [2.45, 2.75) is 9.79 Å². The van der Waals surface area contributed by atoms with Gasteiger partial charge in [-0.2, -0.15) is 0 Å². The highest BCUT2D eigenvalue weighted by atomic mass is 33.1. The summed E-state index contributed by atoms with van der Waals surface area (Å²) >= 11 is 0. The highest BCUT2D eigenvalue weighted by molar-refractivity contribution is 8.76. The zero-order chi connectivity index (χ0) is 16.5. The first-order chi connectivity index (χ1) is 11.7. The molecule has 24 heavy (non-hydrogen) atoms. The van der Waals surface area contributed by atoms with Gasteiger partial charge in [-0.1, -0.05) is 58.0 Å². The van der Waals surface area contributed by atoms with E-state index in [4.69, 9.17) is 11.5 Å². The predicted molar refractivity (Wildman–Crippen MR) is 108 cm³/mol. The summed E-state index contributed by atoms with van der Waals surface area (Å²) in [7, 11) is 3.46. The van der Waals surface area contributed by atoms with Crippen LogP contribution in [0.25, 0.3) is 21.5 Å². The lowest BCUT2D eigenvalue weighted by Crippen LogP contribution is -1.86. The molecule has 0 aliphatic rings. The topological polar surface area (TPSA) is 52.0 Å². The maximum Gasteiger partial charge on any atom is 0.0394 e. The van der Waals surface area contributed by atoms with Crippen LogP contribution in [0.3, 0.4) is 0 Å². The second-order valence-corrected chi connectivity index (χ2v) is 7.90. The van der Waals surface area contributed by atoms with Crippen LogP contribution < -0.4 is 11.5 Å². The van der Waals surface area contributed by atoms with Crippen molar-refractivity contribution in [3.8, 4) is 0 Å². The molecule has 0 radical (unpaired) electrons. The van der Waals surface area contributed by atoms with E-state index in [9.17, 15) is 0 Å². The van der Waals surface area contributed by atoms with Crippen molar-refractivity contribution in [3.05, 3.63) is 72.8 Å². The Morgan fingerprint density at radius 2 is 1.00 bits per heavy atom. The molecule has 2 nitrogen and oxygen atoms in total. The Balaban J connectivity index is 1.60. The van der Waals surface area contributed by atoms with Crippen molar-refractivity contribution in [1.29, 1.82) is 0 Å². The second kappa shape index (κ2) is 6.30. The summed E-state index contributed by atoms with van der Waals surface area (Å²) < 4.78 is 0. The lowest BCUT2D eigenvalue weighted by atomic mass is 10.1. The normalized spacial score (nSPS) is 11.2. The number of hydrogen-bond donors (Lipinski definition) is 2. The van der Waals surface area contributed by atoms with Gasteiger partial charge in [-0.3, -0.25) is 0 Å². The first-order valence-corrected chi connectivity index (χ1v) is 9.77. The van der Waals surface area contributed by atoms with E-state index in [-0.39, 0.29) is 0 Å². The van der Waals surface area contributed by atoms with Crippen LogP contribution in [-0.4, -0.2) is 0 Å². The molecule has 0 heterocycles. The lowest BCUT2D eigenvalue weighted by molar-refractivity contribution is 1.51. The first-order valence-electron chi connectivity index (χ1n) is 7.62. The van der Waals surface area contributed by atoms with Gasteiger partial charge in [0.15, 0.2) is 0 Å². The minimum Gasteiger partial charge on any atom is -0.398 e. The zero-order valence-electron chi connectivity index (χ0n) is 12.9. The fourth-order valence-corrected chi connectivity index (χ4v) is 4.72. The summed E-state index contributed by atoms with van der Waals surface area (Å²) in [6, 6.07) is 24.8. The molecule has 0 saturated carbocycles. The van der Waals surface area contributed by atoms with Crippen molar-refractivity contribution >= 4 is 54.5 Å². The minimum atomic E-state index is 0.818. The third-order valence-corrected chi connectivity index (χ3v) is 6.39. The molecular weight excluding hydrogens is 332 g/mol. The molecule has 0 unspecified atom stereocenters. The molecule has 4 aromatic carbocycles. The predicted octanol–water partition coefficient (Wildman–Crippen LogP) is 5.96. The van der Waals surface area contributed by atoms with Crippen LogP contribution in [-0.2, 0) is 0 Å². The molecule has 4 heteroatoms. The number of nitrogens with two attached hydrogens (primary N) is 2. The summed E-state index contributed by atoms with van der Waals surface area (Å²) in [5.41, 5.74) is 13.8. The number of hydrogen-bond acceptors (Lipinski definition) is 4. The Bertz CT molecular complexity index is 959. The Morgan fingerprint density at radius 3 is 1.46 bits per heavy atom. The molecule has 0 aromatic heterocycles. The van der Waals surface area contributed by atoms with Crippen molar-refractivity contribution in [2.24, 2.45) is 0 Å². The van der Waals surface area contributed by atoms with Crippen LogP contribution in [0, 0.1) is 0 Å². The van der Waals surface area contributed by atoms with Gasteiger partial charge in [-0.05, 0) is 47.2 Å². The van der Waals surface area contributed by atoms with Crippen LogP contribution in [0.5, 0.6) is 0 Å². The van der Waals surface area contributed by atoms with E-state index in [2.05, 4.69) is 48.5 Å². The largest absolute Gasteiger partial charge is 0.398 e. The van der Waals surface area contributed by atoms with E-state index in [1.807, 2.05) is 24.3 Å². The van der Waals surface area contributed by atoms with Gasteiger partial charge >= 0.3 is 0 Å². The van der Waals surface area contributed by atoms with Crippen molar-refractivity contribution in [2.75, 3.05) is 11.5 Å². The average molecular weight is 348 g/mol. The third-order valence-electron chi connectivity index (χ3n) is 4.01. The van der Waals surface area contributed by atoms with Gasteiger partial charge in [0.25, 0.3) is 0 Å². The average Bonchev–Trinajstić information content (AvgIpc) is 2.61. The molecule has 0 fully saturated rings. The van der Waals surface area contributed by atoms with Crippen LogP contribution in [0.4, 0.5) is 11.4 Å². The molecule has 0 bridgehead atoms. The Kier molecular flexibility index (Phi) is 4.00. The van der Waals surface area contributed by atoms with Gasteiger partial charge in [-0.15, -0.1) is 0 Å². The Hall–Kier alpha value is -2.30. The minimum absolute atomic E-state index is 0.818. The molecule has 0 spiro atoms. The van der Waals surface area contributed by atoms with E-state index in [1.54, 1.807) is 21.6 Å². The summed E-state index contributed by atoms with van der Waals surface area (Å²) in [5.74, 6) is 0. The molecule has 0 amide bonds. The van der Waals surface area contributed by atoms with Gasteiger partial charge in [0.1, 0.15) is 0 Å². The number of anilines is 2. The van der Waals surface area contributed by atoms with E-state index in [0.29, 0.717) is 0 Å². The summed E-state index contributed by atoms with van der Waals surface area (Å²) in [6.45, 7) is 0. The molecular formula is C20H16N2S2. The van der Waals surface area contributed by atoms with E-state index in [1.165, 1.54) is 20.6 Å². The van der Waals surface area contributed by atoms with Gasteiger partial charge in [0.05, 0.1) is 0 Å². The quantitative estimate of drug-likeness (QED) is 0.354. The standard InChI is InChI=1S/C20H16N2S2/c21-19-5-1-3-13-7-9-15(11-17(13)19)23-24-16-10-8-14-4-2-6-20(22)18(14)12-16/h1-12H,21-22H2.